The van der Waals surface area contributed by atoms with E-state index in [1.807, 2.05) is 24.3 Å². The van der Waals surface area contributed by atoms with Gasteiger partial charge in [0.15, 0.2) is 0 Å². The standard InChI is InChI=1S/C14H17NO2/c1-10(2)11-5-7-12(8-6-11)13(15-3)9-14(16)17-4/h5-8,10,13H,9H2,1-2,4H3. The monoisotopic (exact) mass is 231 g/mol. The summed E-state index contributed by atoms with van der Waals surface area (Å²) >= 11 is 0. The number of carbonyl (C=O) groups excluding carboxylic acids is 1. The van der Waals surface area contributed by atoms with E-state index in [1.54, 1.807) is 0 Å². The van der Waals surface area contributed by atoms with Gasteiger partial charge in [-0.2, -0.15) is 0 Å². The lowest BCUT2D eigenvalue weighted by Gasteiger charge is -2.08. The van der Waals surface area contributed by atoms with Crippen LogP contribution in [0.1, 0.15) is 43.4 Å². The maximum Gasteiger partial charge on any atom is 0.313 e. The van der Waals surface area contributed by atoms with Gasteiger partial charge in [0.2, 0.25) is 0 Å². The smallest absolute Gasteiger partial charge is 0.313 e. The van der Waals surface area contributed by atoms with Crippen molar-refractivity contribution < 1.29 is 9.53 Å². The predicted octanol–water partition coefficient (Wildman–Crippen LogP) is 3.33. The van der Waals surface area contributed by atoms with Crippen LogP contribution in [0.25, 0.3) is 4.85 Å². The van der Waals surface area contributed by atoms with Crippen LogP contribution >= 0.6 is 0 Å². The van der Waals surface area contributed by atoms with Crippen molar-refractivity contribution >= 4 is 5.97 Å². The molecule has 0 aliphatic carbocycles. The molecule has 3 nitrogen and oxygen atoms in total. The average molecular weight is 231 g/mol. The van der Waals surface area contributed by atoms with Gasteiger partial charge in [-0.3, -0.25) is 4.79 Å². The Morgan fingerprint density at radius 3 is 2.24 bits per heavy atom. The average Bonchev–Trinajstić information content (AvgIpc) is 2.35. The molecule has 0 spiro atoms. The molecule has 1 unspecified atom stereocenters. The summed E-state index contributed by atoms with van der Waals surface area (Å²) in [5.41, 5.74) is 2.10. The second kappa shape index (κ2) is 6.05. The van der Waals surface area contributed by atoms with Gasteiger partial charge in [0.25, 0.3) is 6.04 Å². The third kappa shape index (κ3) is 3.60. The number of esters is 1. The highest BCUT2D eigenvalue weighted by Crippen LogP contribution is 2.24. The highest BCUT2D eigenvalue weighted by atomic mass is 16.5. The molecule has 3 heteroatoms. The molecule has 0 N–H and O–H groups in total. The lowest BCUT2D eigenvalue weighted by molar-refractivity contribution is -0.140. The third-order valence-corrected chi connectivity index (χ3v) is 2.73. The van der Waals surface area contributed by atoms with Crippen molar-refractivity contribution in [3.8, 4) is 0 Å². The second-order valence-corrected chi connectivity index (χ2v) is 4.25. The highest BCUT2D eigenvalue weighted by molar-refractivity contribution is 5.70. The molecule has 0 amide bonds. The summed E-state index contributed by atoms with van der Waals surface area (Å²) in [5.74, 6) is 0.120. The van der Waals surface area contributed by atoms with Gasteiger partial charge in [0.05, 0.1) is 7.11 Å². The Hall–Kier alpha value is -1.82. The van der Waals surface area contributed by atoms with E-state index < -0.39 is 6.04 Å². The molecule has 90 valence electrons. The second-order valence-electron chi connectivity index (χ2n) is 4.25. The molecule has 0 radical (unpaired) electrons. The van der Waals surface area contributed by atoms with Gasteiger partial charge < -0.3 is 9.58 Å². The van der Waals surface area contributed by atoms with Gasteiger partial charge in [-0.1, -0.05) is 38.1 Å². The van der Waals surface area contributed by atoms with Crippen LogP contribution in [0.15, 0.2) is 24.3 Å². The number of carbonyl (C=O) groups is 1. The highest BCUT2D eigenvalue weighted by Gasteiger charge is 2.20. The number of hydrogen-bond donors (Lipinski definition) is 0. The van der Waals surface area contributed by atoms with E-state index in [2.05, 4.69) is 23.4 Å². The minimum atomic E-state index is -0.441. The van der Waals surface area contributed by atoms with Crippen LogP contribution < -0.4 is 0 Å². The zero-order valence-electron chi connectivity index (χ0n) is 10.4. The summed E-state index contributed by atoms with van der Waals surface area (Å²) in [6, 6.07) is 7.41. The Labute approximate surface area is 102 Å². The molecular weight excluding hydrogens is 214 g/mol. The number of nitrogens with zero attached hydrogens (tertiary/aromatic N) is 1. The van der Waals surface area contributed by atoms with Crippen LogP contribution in [-0.4, -0.2) is 13.1 Å². The lowest BCUT2D eigenvalue weighted by Crippen LogP contribution is -2.06. The van der Waals surface area contributed by atoms with Gasteiger partial charge in [0.1, 0.15) is 6.42 Å². The number of hydrogen-bond acceptors (Lipinski definition) is 2. The van der Waals surface area contributed by atoms with Crippen molar-refractivity contribution in [1.29, 1.82) is 0 Å². The van der Waals surface area contributed by atoms with Crippen molar-refractivity contribution in [1.82, 2.24) is 0 Å². The third-order valence-electron chi connectivity index (χ3n) is 2.73. The van der Waals surface area contributed by atoms with E-state index in [9.17, 15) is 4.79 Å². The van der Waals surface area contributed by atoms with Crippen LogP contribution in [0.5, 0.6) is 0 Å². The normalized spacial score (nSPS) is 11.9. The Balaban J connectivity index is 2.83. The van der Waals surface area contributed by atoms with Gasteiger partial charge in [-0.05, 0) is 11.5 Å². The summed E-state index contributed by atoms with van der Waals surface area (Å²) in [4.78, 5) is 14.6. The van der Waals surface area contributed by atoms with Crippen molar-refractivity contribution in [2.24, 2.45) is 0 Å². The molecule has 0 saturated heterocycles. The first kappa shape index (κ1) is 13.2. The Kier molecular flexibility index (Phi) is 4.71. The summed E-state index contributed by atoms with van der Waals surface area (Å²) in [7, 11) is 1.34. The lowest BCUT2D eigenvalue weighted by atomic mass is 9.98. The quantitative estimate of drug-likeness (QED) is 0.587. The first-order valence-corrected chi connectivity index (χ1v) is 5.61. The summed E-state index contributed by atoms with van der Waals surface area (Å²) in [5, 5.41) is 0. The van der Waals surface area contributed by atoms with Crippen LogP contribution in [0.2, 0.25) is 0 Å². The molecule has 0 aromatic heterocycles. The SMILES string of the molecule is [C-]#[N+]C(CC(=O)OC)c1ccc(C(C)C)cc1. The Morgan fingerprint density at radius 1 is 1.29 bits per heavy atom. The minimum absolute atomic E-state index is 0.112. The fourth-order valence-electron chi connectivity index (χ4n) is 1.58. The van der Waals surface area contributed by atoms with Crippen molar-refractivity contribution in [2.75, 3.05) is 7.11 Å². The van der Waals surface area contributed by atoms with E-state index >= 15 is 0 Å². The molecule has 17 heavy (non-hydrogen) atoms. The molecule has 0 heterocycles. The van der Waals surface area contributed by atoms with Crippen molar-refractivity contribution in [2.45, 2.75) is 32.2 Å². The zero-order valence-corrected chi connectivity index (χ0v) is 10.4. The van der Waals surface area contributed by atoms with E-state index in [0.29, 0.717) is 5.92 Å². The number of methoxy groups -OCH3 is 1. The van der Waals surface area contributed by atoms with Crippen LogP contribution in [0, 0.1) is 6.57 Å². The number of ether oxygens (including phenoxy) is 1. The molecular formula is C14H17NO2. The zero-order chi connectivity index (χ0) is 12.8. The van der Waals surface area contributed by atoms with Gasteiger partial charge in [0, 0.05) is 5.56 Å². The summed E-state index contributed by atoms with van der Waals surface area (Å²) in [6.07, 6.45) is 0.112. The molecule has 1 atom stereocenters. The Bertz CT molecular complexity index is 415. The van der Waals surface area contributed by atoms with Crippen molar-refractivity contribution in [3.63, 3.8) is 0 Å². The molecule has 0 bridgehead atoms. The molecule has 0 aliphatic rings. The fourth-order valence-corrected chi connectivity index (χ4v) is 1.58. The topological polar surface area (TPSA) is 30.7 Å². The van der Waals surface area contributed by atoms with Crippen LogP contribution in [0.4, 0.5) is 0 Å². The largest absolute Gasteiger partial charge is 0.469 e. The van der Waals surface area contributed by atoms with E-state index in [4.69, 9.17) is 6.57 Å². The molecule has 0 fully saturated rings. The predicted molar refractivity (Wildman–Crippen MR) is 66.5 cm³/mol. The number of benzene rings is 1. The van der Waals surface area contributed by atoms with Gasteiger partial charge in [-0.15, -0.1) is 0 Å². The fraction of sp³-hybridized carbons (Fsp3) is 0.429. The minimum Gasteiger partial charge on any atom is -0.469 e. The van der Waals surface area contributed by atoms with Gasteiger partial charge in [-0.25, -0.2) is 6.57 Å². The number of rotatable bonds is 4. The first-order valence-electron chi connectivity index (χ1n) is 5.61. The van der Waals surface area contributed by atoms with E-state index in [-0.39, 0.29) is 12.4 Å². The Morgan fingerprint density at radius 2 is 1.82 bits per heavy atom. The van der Waals surface area contributed by atoms with E-state index in [0.717, 1.165) is 5.56 Å². The van der Waals surface area contributed by atoms with Crippen LogP contribution in [-0.2, 0) is 9.53 Å². The van der Waals surface area contributed by atoms with Crippen LogP contribution in [0.3, 0.4) is 0 Å². The molecule has 1 aromatic rings. The molecule has 0 saturated carbocycles. The molecule has 1 aromatic carbocycles. The summed E-state index contributed by atoms with van der Waals surface area (Å²) in [6.45, 7) is 11.4. The first-order chi connectivity index (χ1) is 8.08. The maximum absolute atomic E-state index is 11.2. The maximum atomic E-state index is 11.2. The van der Waals surface area contributed by atoms with Crippen molar-refractivity contribution in [3.05, 3.63) is 46.8 Å². The summed E-state index contributed by atoms with van der Waals surface area (Å²) < 4.78 is 4.58. The van der Waals surface area contributed by atoms with E-state index in [1.165, 1.54) is 12.7 Å². The van der Waals surface area contributed by atoms with Gasteiger partial charge >= 0.3 is 5.97 Å². The molecule has 0 aliphatic heterocycles. The molecule has 1 rings (SSSR count).